The molecule has 3 aliphatic rings. The predicted octanol–water partition coefficient (Wildman–Crippen LogP) is 17.3. The zero-order valence-electron chi connectivity index (χ0n) is 36.6. The molecule has 0 spiro atoms. The monoisotopic (exact) mass is 815 g/mol. The maximum atomic E-state index is 2.50. The molecule has 0 N–H and O–H groups in total. The van der Waals surface area contributed by atoms with Gasteiger partial charge in [-0.25, -0.2) is 0 Å². The van der Waals surface area contributed by atoms with Gasteiger partial charge in [-0.1, -0.05) is 202 Å². The van der Waals surface area contributed by atoms with Crippen LogP contribution in [0.3, 0.4) is 0 Å². The summed E-state index contributed by atoms with van der Waals surface area (Å²) in [7, 11) is 0. The van der Waals surface area contributed by atoms with Crippen molar-refractivity contribution >= 4 is 17.1 Å². The van der Waals surface area contributed by atoms with Gasteiger partial charge in [-0.15, -0.1) is 0 Å². The molecule has 2 saturated carbocycles. The lowest BCUT2D eigenvalue weighted by atomic mass is 9.67. The lowest BCUT2D eigenvalue weighted by molar-refractivity contribution is 0.443. The summed E-state index contributed by atoms with van der Waals surface area (Å²) in [5, 5.41) is 0. The second-order valence-corrected chi connectivity index (χ2v) is 18.6. The van der Waals surface area contributed by atoms with Gasteiger partial charge in [-0.2, -0.15) is 0 Å². The van der Waals surface area contributed by atoms with Crippen LogP contribution in [0.4, 0.5) is 17.1 Å². The molecule has 3 aliphatic carbocycles. The lowest BCUT2D eigenvalue weighted by Crippen LogP contribution is -2.28. The van der Waals surface area contributed by atoms with Crippen molar-refractivity contribution in [1.82, 2.24) is 0 Å². The highest BCUT2D eigenvalue weighted by molar-refractivity contribution is 5.90. The highest BCUT2D eigenvalue weighted by Crippen LogP contribution is 2.57. The molecule has 2 fully saturated rings. The summed E-state index contributed by atoms with van der Waals surface area (Å²) in [6.07, 6.45) is 13.4. The normalized spacial score (nSPS) is 16.0. The molecule has 310 valence electrons. The van der Waals surface area contributed by atoms with Crippen molar-refractivity contribution in [1.29, 1.82) is 0 Å². The molecule has 8 aromatic rings. The Bertz CT molecular complexity index is 2780. The fraction of sp³-hybridized carbons (Fsp3) is 0.226. The Morgan fingerprint density at radius 1 is 0.365 bits per heavy atom. The molecule has 0 aliphatic heterocycles. The van der Waals surface area contributed by atoms with E-state index in [1.165, 1.54) is 142 Å². The van der Waals surface area contributed by atoms with Crippen LogP contribution in [0.15, 0.2) is 194 Å². The Morgan fingerprint density at radius 2 is 0.778 bits per heavy atom. The number of rotatable bonds is 9. The zero-order valence-corrected chi connectivity index (χ0v) is 36.6. The van der Waals surface area contributed by atoms with Gasteiger partial charge < -0.3 is 4.90 Å². The van der Waals surface area contributed by atoms with Gasteiger partial charge in [0.1, 0.15) is 0 Å². The Hall–Kier alpha value is -6.44. The largest absolute Gasteiger partial charge is 0.310 e. The number of fused-ring (bicyclic) bond motifs is 3. The van der Waals surface area contributed by atoms with Gasteiger partial charge in [0.05, 0.1) is 5.41 Å². The molecule has 0 heterocycles. The van der Waals surface area contributed by atoms with Crippen LogP contribution in [0.1, 0.15) is 115 Å². The highest BCUT2D eigenvalue weighted by atomic mass is 15.1. The summed E-state index contributed by atoms with van der Waals surface area (Å²) < 4.78 is 0. The quantitative estimate of drug-likeness (QED) is 0.140. The molecule has 1 nitrogen and oxygen atoms in total. The molecular formula is C62H57N. The van der Waals surface area contributed by atoms with Gasteiger partial charge in [0, 0.05) is 17.1 Å². The van der Waals surface area contributed by atoms with Gasteiger partial charge in [-0.05, 0) is 148 Å². The van der Waals surface area contributed by atoms with Crippen LogP contribution in [-0.4, -0.2) is 0 Å². The van der Waals surface area contributed by atoms with E-state index >= 15 is 0 Å². The Kier molecular flexibility index (Phi) is 10.7. The van der Waals surface area contributed by atoms with Crippen LogP contribution in [0.5, 0.6) is 0 Å². The average Bonchev–Trinajstić information content (AvgIpc) is 3.65. The van der Waals surface area contributed by atoms with E-state index in [-0.39, 0.29) is 0 Å². The number of hydrogen-bond acceptors (Lipinski definition) is 1. The standard InChI is InChI=1S/C62H57N/c1-44-26-40-58-59-41-39-55(43-61(59)62(60(58)42-44,51-20-10-4-11-21-51)52-22-12-5-13-23-52)63(53-35-31-48(32-36-53)46-18-8-3-9-19-46)54-37-33-50(34-38-54)57-25-15-14-24-56(57)49-29-27-47(28-30-49)45-16-6-2-7-17-45/h4-5,10-15,20-43,45-46H,2-3,6-9,16-19H2,1H3. The Balaban J connectivity index is 1.03. The molecule has 1 heteroatoms. The third-order valence-electron chi connectivity index (χ3n) is 14.8. The van der Waals surface area contributed by atoms with E-state index in [0.29, 0.717) is 11.8 Å². The van der Waals surface area contributed by atoms with E-state index in [0.717, 1.165) is 11.4 Å². The van der Waals surface area contributed by atoms with E-state index in [9.17, 15) is 0 Å². The van der Waals surface area contributed by atoms with Crippen molar-refractivity contribution < 1.29 is 0 Å². The van der Waals surface area contributed by atoms with Crippen LogP contribution >= 0.6 is 0 Å². The predicted molar refractivity (Wildman–Crippen MR) is 266 cm³/mol. The SMILES string of the molecule is Cc1ccc2c(c1)C(c1ccccc1)(c1ccccc1)c1cc(N(c3ccc(-c4ccccc4-c4ccc(C5CCCCC5)cc4)cc3)c3ccc(C4CCCCC4)cc3)ccc1-2. The van der Waals surface area contributed by atoms with Crippen LogP contribution in [0.2, 0.25) is 0 Å². The van der Waals surface area contributed by atoms with Crippen LogP contribution in [-0.2, 0) is 5.41 Å². The maximum Gasteiger partial charge on any atom is 0.0714 e. The smallest absolute Gasteiger partial charge is 0.0714 e. The Morgan fingerprint density at radius 3 is 1.30 bits per heavy atom. The van der Waals surface area contributed by atoms with Crippen molar-refractivity contribution in [2.45, 2.75) is 88.4 Å². The first-order chi connectivity index (χ1) is 31.1. The van der Waals surface area contributed by atoms with E-state index in [1.807, 2.05) is 0 Å². The van der Waals surface area contributed by atoms with Gasteiger partial charge in [0.15, 0.2) is 0 Å². The van der Waals surface area contributed by atoms with Crippen LogP contribution in [0, 0.1) is 6.92 Å². The minimum Gasteiger partial charge on any atom is -0.310 e. The van der Waals surface area contributed by atoms with Gasteiger partial charge in [0.25, 0.3) is 0 Å². The van der Waals surface area contributed by atoms with Crippen molar-refractivity contribution in [3.05, 3.63) is 233 Å². The second kappa shape index (κ2) is 17.0. The van der Waals surface area contributed by atoms with Gasteiger partial charge in [-0.3, -0.25) is 0 Å². The molecule has 11 rings (SSSR count). The topological polar surface area (TPSA) is 3.24 Å². The molecule has 0 bridgehead atoms. The first-order valence-electron chi connectivity index (χ1n) is 23.7. The molecule has 0 radical (unpaired) electrons. The zero-order chi connectivity index (χ0) is 42.2. The van der Waals surface area contributed by atoms with Gasteiger partial charge in [0.2, 0.25) is 0 Å². The minimum atomic E-state index is -0.478. The van der Waals surface area contributed by atoms with Crippen molar-refractivity contribution in [3.63, 3.8) is 0 Å². The number of benzene rings is 8. The summed E-state index contributed by atoms with van der Waals surface area (Å²) in [6.45, 7) is 2.23. The molecule has 0 unspecified atom stereocenters. The summed E-state index contributed by atoms with van der Waals surface area (Å²) in [6, 6.07) is 74.0. The second-order valence-electron chi connectivity index (χ2n) is 18.6. The molecule has 0 saturated heterocycles. The third-order valence-corrected chi connectivity index (χ3v) is 14.8. The van der Waals surface area contributed by atoms with E-state index < -0.39 is 5.41 Å². The maximum absolute atomic E-state index is 2.50. The molecule has 0 atom stereocenters. The first kappa shape index (κ1) is 39.4. The van der Waals surface area contributed by atoms with E-state index in [2.05, 4.69) is 206 Å². The minimum absolute atomic E-state index is 0.478. The summed E-state index contributed by atoms with van der Waals surface area (Å²) in [4.78, 5) is 2.49. The molecular weight excluding hydrogens is 759 g/mol. The summed E-state index contributed by atoms with van der Waals surface area (Å²) in [5.41, 5.74) is 20.2. The fourth-order valence-electron chi connectivity index (χ4n) is 11.7. The lowest BCUT2D eigenvalue weighted by Gasteiger charge is -2.35. The van der Waals surface area contributed by atoms with Crippen molar-refractivity contribution in [3.8, 4) is 33.4 Å². The third kappa shape index (κ3) is 7.22. The van der Waals surface area contributed by atoms with Crippen LogP contribution < -0.4 is 4.90 Å². The summed E-state index contributed by atoms with van der Waals surface area (Å²) in [5.74, 6) is 1.36. The van der Waals surface area contributed by atoms with E-state index in [1.54, 1.807) is 0 Å². The molecule has 8 aromatic carbocycles. The molecule has 0 amide bonds. The number of aryl methyl sites for hydroxylation is 1. The molecule has 63 heavy (non-hydrogen) atoms. The van der Waals surface area contributed by atoms with E-state index in [4.69, 9.17) is 0 Å². The average molecular weight is 816 g/mol. The highest BCUT2D eigenvalue weighted by Gasteiger charge is 2.46. The Labute approximate surface area is 375 Å². The fourth-order valence-corrected chi connectivity index (χ4v) is 11.7. The summed E-state index contributed by atoms with van der Waals surface area (Å²) >= 11 is 0. The van der Waals surface area contributed by atoms with Crippen LogP contribution in [0.25, 0.3) is 33.4 Å². The van der Waals surface area contributed by atoms with Crippen molar-refractivity contribution in [2.75, 3.05) is 4.90 Å². The van der Waals surface area contributed by atoms with Crippen molar-refractivity contribution in [2.24, 2.45) is 0 Å². The number of anilines is 3. The number of hydrogen-bond donors (Lipinski definition) is 0. The number of nitrogens with zero attached hydrogens (tertiary/aromatic N) is 1. The molecule has 0 aromatic heterocycles. The first-order valence-corrected chi connectivity index (χ1v) is 23.7. The van der Waals surface area contributed by atoms with Gasteiger partial charge >= 0.3 is 0 Å².